The van der Waals surface area contributed by atoms with Crippen LogP contribution in [-0.2, 0) is 28.9 Å². The Hall–Kier alpha value is -12.4. The third-order valence-electron chi connectivity index (χ3n) is 23.8. The van der Waals surface area contributed by atoms with Crippen molar-refractivity contribution < 1.29 is 38.2 Å². The minimum absolute atomic E-state index is 0.0156. The predicted octanol–water partition coefficient (Wildman–Crippen LogP) is 11.6. The van der Waals surface area contributed by atoms with Crippen molar-refractivity contribution in [3.05, 3.63) is 216 Å². The summed E-state index contributed by atoms with van der Waals surface area (Å²) in [6.07, 6.45) is 20.7. The Morgan fingerprint density at radius 2 is 0.843 bits per heavy atom. The molecule has 3 aromatic carbocycles. The number of ether oxygens (including phenoxy) is 3. The molecule has 6 fully saturated rings. The molecule has 121 heavy (non-hydrogen) atoms. The van der Waals surface area contributed by atoms with Crippen LogP contribution in [0.25, 0.3) is 66.9 Å². The Bertz CT molecular complexity index is 5680. The number of nitrogens with zero attached hydrogens (tertiary/aromatic N) is 16. The quantitative estimate of drug-likeness (QED) is 0.0519. The van der Waals surface area contributed by atoms with Gasteiger partial charge in [-0.3, -0.25) is 38.9 Å². The van der Waals surface area contributed by atoms with Crippen LogP contribution in [0.1, 0.15) is 138 Å². The minimum atomic E-state index is -0.370. The van der Waals surface area contributed by atoms with E-state index in [0.29, 0.717) is 109 Å². The van der Waals surface area contributed by atoms with E-state index in [1.807, 2.05) is 137 Å². The smallest absolute Gasteiger partial charge is 0.270 e. The number of nitrogens with one attached hydrogen (secondary N) is 4. The number of H-pyrrole nitrogens is 3. The number of likely N-dealkylation sites (N-methyl/N-ethyl adjacent to an activating group) is 3. The maximum Gasteiger partial charge on any atom is 0.270 e. The SMILES string of the molecule is CN1CCN(C(=O)c2cc3cc(Cc4nccc(-c5cc(OCCN6CCCCC6=O)ccn5)n4)ccc3[nH]2)CC1.CN1CCN(C(=O)c2cc3cc(Cc4nccc(-c5cc(OC[C@@H]6CC(C)(C)C(=O)N6)ccn5)n4)ccc3[nH]2)CC1.C[C@H]1CCCC[C@@H]1Oc1ccnc(-c2ccnc(Cc3ccc4[nH]c(C(=O)N5CCN(C)CC5)cc4c3)n2)c1. The lowest BCUT2D eigenvalue weighted by Gasteiger charge is -2.32. The summed E-state index contributed by atoms with van der Waals surface area (Å²) in [5.74, 6) is 5.29. The second-order valence-corrected chi connectivity index (χ2v) is 33.5. The second kappa shape index (κ2) is 37.5. The Morgan fingerprint density at radius 3 is 1.26 bits per heavy atom. The first-order valence-electron chi connectivity index (χ1n) is 42.4. The molecule has 14 heterocycles. The van der Waals surface area contributed by atoms with Gasteiger partial charge in [0.1, 0.15) is 71.1 Å². The van der Waals surface area contributed by atoms with E-state index < -0.39 is 0 Å². The number of piperazine rings is 3. The molecule has 12 aromatic rings. The number of hydrogen-bond donors (Lipinski definition) is 4. The maximum absolute atomic E-state index is 13.0. The normalized spacial score (nSPS) is 18.5. The first-order chi connectivity index (χ1) is 58.8. The molecule has 4 N–H and O–H groups in total. The topological polar surface area (TPSA) is 311 Å². The predicted molar refractivity (Wildman–Crippen MR) is 463 cm³/mol. The van der Waals surface area contributed by atoms with Crippen molar-refractivity contribution in [2.75, 3.05) is 126 Å². The van der Waals surface area contributed by atoms with Gasteiger partial charge in [0.2, 0.25) is 11.8 Å². The molecule has 3 atom stereocenters. The number of benzene rings is 3. The molecule has 0 bridgehead atoms. The van der Waals surface area contributed by atoms with Crippen molar-refractivity contribution in [3.8, 4) is 51.4 Å². The molecule has 5 aliphatic heterocycles. The van der Waals surface area contributed by atoms with Gasteiger partial charge >= 0.3 is 0 Å². The van der Waals surface area contributed by atoms with E-state index in [2.05, 4.69) is 117 Å². The number of aromatic nitrogens is 12. The molecule has 6 aliphatic rings. The molecule has 0 unspecified atom stereocenters. The lowest BCUT2D eigenvalue weighted by atomic mass is 9.88. The van der Waals surface area contributed by atoms with E-state index in [9.17, 15) is 24.0 Å². The van der Waals surface area contributed by atoms with Crippen molar-refractivity contribution >= 4 is 62.2 Å². The zero-order valence-electron chi connectivity index (χ0n) is 69.8. The van der Waals surface area contributed by atoms with Gasteiger partial charge in [-0.2, -0.15) is 0 Å². The van der Waals surface area contributed by atoms with Gasteiger partial charge in [0.05, 0.1) is 46.8 Å². The van der Waals surface area contributed by atoms with Crippen molar-refractivity contribution in [1.29, 1.82) is 0 Å². The number of likely N-dealkylation sites (tertiary alicyclic amines) is 1. The molecule has 9 aromatic heterocycles. The van der Waals surface area contributed by atoms with Gasteiger partial charge in [-0.1, -0.05) is 45.4 Å². The van der Waals surface area contributed by atoms with E-state index in [1.54, 1.807) is 37.2 Å². The summed E-state index contributed by atoms with van der Waals surface area (Å²) in [4.78, 5) is 129. The first kappa shape index (κ1) is 82.3. The number of piperidine rings is 1. The Morgan fingerprint density at radius 1 is 0.438 bits per heavy atom. The van der Waals surface area contributed by atoms with Gasteiger partial charge in [0.25, 0.3) is 17.7 Å². The highest BCUT2D eigenvalue weighted by Crippen LogP contribution is 2.33. The van der Waals surface area contributed by atoms with Crippen LogP contribution >= 0.6 is 0 Å². The number of carbonyl (C=O) groups is 5. The number of hydrogen-bond acceptors (Lipinski definition) is 20. The molecule has 28 nitrogen and oxygen atoms in total. The summed E-state index contributed by atoms with van der Waals surface area (Å²) in [6, 6.07) is 41.1. The summed E-state index contributed by atoms with van der Waals surface area (Å²) in [5.41, 5.74) is 11.9. The van der Waals surface area contributed by atoms with Crippen LogP contribution in [-0.4, -0.2) is 262 Å². The largest absolute Gasteiger partial charge is 0.492 e. The average molecular weight is 1630 g/mol. The highest BCUT2D eigenvalue weighted by molar-refractivity contribution is 6.00. The molecule has 1 saturated carbocycles. The monoisotopic (exact) mass is 1630 g/mol. The molecule has 28 heteroatoms. The zero-order valence-corrected chi connectivity index (χ0v) is 69.8. The van der Waals surface area contributed by atoms with Crippen LogP contribution < -0.4 is 19.5 Å². The van der Waals surface area contributed by atoms with Gasteiger partial charge < -0.3 is 68.8 Å². The lowest BCUT2D eigenvalue weighted by Crippen LogP contribution is -2.47. The van der Waals surface area contributed by atoms with E-state index in [1.165, 1.54) is 19.3 Å². The fourth-order valence-electron chi connectivity index (χ4n) is 16.5. The Balaban J connectivity index is 0.000000135. The van der Waals surface area contributed by atoms with E-state index in [0.717, 1.165) is 189 Å². The summed E-state index contributed by atoms with van der Waals surface area (Å²) in [6.45, 7) is 18.3. The average Bonchev–Trinajstić information content (AvgIpc) is 1.66. The van der Waals surface area contributed by atoms with Crippen molar-refractivity contribution in [2.24, 2.45) is 11.3 Å². The van der Waals surface area contributed by atoms with Gasteiger partial charge in [0, 0.05) is 204 Å². The highest BCUT2D eigenvalue weighted by atomic mass is 16.5. The van der Waals surface area contributed by atoms with Crippen molar-refractivity contribution in [2.45, 2.75) is 104 Å². The van der Waals surface area contributed by atoms with E-state index >= 15 is 0 Å². The van der Waals surface area contributed by atoms with Crippen LogP contribution in [0.4, 0.5) is 0 Å². The maximum atomic E-state index is 13.0. The minimum Gasteiger partial charge on any atom is -0.492 e. The van der Waals surface area contributed by atoms with Crippen LogP contribution in [0.5, 0.6) is 17.2 Å². The summed E-state index contributed by atoms with van der Waals surface area (Å²) < 4.78 is 18.3. The number of pyridine rings is 3. The highest BCUT2D eigenvalue weighted by Gasteiger charge is 2.39. The van der Waals surface area contributed by atoms with Crippen LogP contribution in [0.15, 0.2) is 165 Å². The van der Waals surface area contributed by atoms with Gasteiger partial charge in [0.15, 0.2) is 0 Å². The molecular formula is C93H106N20O8. The summed E-state index contributed by atoms with van der Waals surface area (Å²) >= 11 is 0. The number of amides is 5. The Kier molecular flexibility index (Phi) is 25.5. The Labute approximate surface area is 704 Å². The molecule has 626 valence electrons. The standard InChI is InChI=1S/2C31H35N7O3.C31H36N6O2/c1-31(2)18-22(34-30(31)40)19-41-23-6-8-32-26(17-23)25-7-9-33-28(36-25)15-20-4-5-24-21(14-20)16-27(35-24)29(39)38-12-10-37(3)11-13-38;1-36-12-14-38(15-13-36)31(40)28-20-23-18-22(5-6-25(23)34-28)19-29-33-10-8-26(35-29)27-21-24(7-9-32-27)41-17-16-37-11-3-2-4-30(37)39;1-21-5-3-4-6-29(21)39-24-9-11-32-27(20-24)26-10-12-33-30(35-26)18-22-7-8-25-23(17-22)19-28(34-25)31(38)37-15-13-36(2)14-16-37/h4-9,14,16-17,22,35H,10-13,15,18-19H2,1-3H3,(H,34,40);5-10,18,20-21,34H,2-4,11-17,19H2,1H3;7-12,17,19-21,29,34H,3-6,13-16,18H2,1-2H3/t22-;;21-,29-/m0.0/s1. The first-order valence-corrected chi connectivity index (χ1v) is 42.4. The zero-order chi connectivity index (χ0) is 83.5. The van der Waals surface area contributed by atoms with E-state index in [4.69, 9.17) is 29.2 Å². The summed E-state index contributed by atoms with van der Waals surface area (Å²) in [5, 5.41) is 6.01. The van der Waals surface area contributed by atoms with Gasteiger partial charge in [-0.05, 0) is 173 Å². The molecule has 5 amide bonds. The number of fused-ring (bicyclic) bond motifs is 3. The van der Waals surface area contributed by atoms with Gasteiger partial charge in [-0.25, -0.2) is 29.9 Å². The van der Waals surface area contributed by atoms with E-state index in [-0.39, 0.29) is 47.1 Å². The van der Waals surface area contributed by atoms with Crippen LogP contribution in [0.2, 0.25) is 0 Å². The van der Waals surface area contributed by atoms with Gasteiger partial charge in [-0.15, -0.1) is 0 Å². The lowest BCUT2D eigenvalue weighted by molar-refractivity contribution is -0.133. The molecule has 5 saturated heterocycles. The molecule has 18 rings (SSSR count). The molecule has 0 radical (unpaired) electrons. The van der Waals surface area contributed by atoms with Crippen LogP contribution in [0, 0.1) is 11.3 Å². The fourth-order valence-corrected chi connectivity index (χ4v) is 16.5. The third kappa shape index (κ3) is 20.7. The summed E-state index contributed by atoms with van der Waals surface area (Å²) in [7, 11) is 6.25. The third-order valence-corrected chi connectivity index (χ3v) is 23.8. The molecular weight excluding hydrogens is 1530 g/mol. The molecule has 0 spiro atoms. The number of rotatable bonds is 21. The molecule has 1 aliphatic carbocycles. The van der Waals surface area contributed by atoms with Crippen molar-refractivity contribution in [1.82, 2.24) is 99.4 Å². The number of carbonyl (C=O) groups excluding carboxylic acids is 5. The second-order valence-electron chi connectivity index (χ2n) is 33.5. The van der Waals surface area contributed by atoms with Crippen molar-refractivity contribution in [3.63, 3.8) is 0 Å². The fraction of sp³-hybridized carbons (Fsp3) is 0.398. The number of aromatic amines is 3. The van der Waals surface area contributed by atoms with Crippen LogP contribution in [0.3, 0.4) is 0 Å².